The molecule has 0 aliphatic carbocycles. The largest absolute Gasteiger partial charge is 0.497 e. The first-order valence-electron chi connectivity index (χ1n) is 13.2. The Balaban J connectivity index is 2.54. The summed E-state index contributed by atoms with van der Waals surface area (Å²) in [7, 11) is 1.57. The van der Waals surface area contributed by atoms with Crippen molar-refractivity contribution in [2.75, 3.05) is 12.4 Å². The highest BCUT2D eigenvalue weighted by atomic mass is 16.6. The average Bonchev–Trinajstić information content (AvgIpc) is 2.85. The van der Waals surface area contributed by atoms with E-state index in [4.69, 9.17) is 9.47 Å². The topological polar surface area (TPSA) is 97.0 Å². The zero-order valence-corrected chi connectivity index (χ0v) is 24.4. The van der Waals surface area contributed by atoms with Gasteiger partial charge in [0.15, 0.2) is 0 Å². The predicted octanol–water partition coefficient (Wildman–Crippen LogP) is 6.19. The van der Waals surface area contributed by atoms with Crippen molar-refractivity contribution in [3.63, 3.8) is 0 Å². The minimum atomic E-state index is -0.977. The number of nitrogens with zero attached hydrogens (tertiary/aromatic N) is 1. The summed E-state index contributed by atoms with van der Waals surface area (Å²) in [4.78, 5) is 42.3. The van der Waals surface area contributed by atoms with Gasteiger partial charge in [0, 0.05) is 11.7 Å². The zero-order valence-electron chi connectivity index (χ0n) is 24.4. The molecule has 2 N–H and O–H groups in total. The number of alkyl carbamates (subject to hydrolysis) is 1. The number of amides is 3. The third kappa shape index (κ3) is 9.46. The molecule has 0 spiro atoms. The van der Waals surface area contributed by atoms with Crippen molar-refractivity contribution in [1.82, 2.24) is 10.2 Å². The van der Waals surface area contributed by atoms with Gasteiger partial charge in [0.05, 0.1) is 7.11 Å². The quantitative estimate of drug-likeness (QED) is 0.356. The van der Waals surface area contributed by atoms with E-state index >= 15 is 0 Å². The predicted molar refractivity (Wildman–Crippen MR) is 155 cm³/mol. The number of rotatable bonds is 11. The van der Waals surface area contributed by atoms with Gasteiger partial charge in [0.2, 0.25) is 5.91 Å². The maximum absolute atomic E-state index is 14.2. The lowest BCUT2D eigenvalue weighted by atomic mass is 9.97. The molecule has 212 valence electrons. The highest BCUT2D eigenvalue weighted by Gasteiger charge is 2.38. The van der Waals surface area contributed by atoms with Crippen LogP contribution in [0.25, 0.3) is 6.08 Å². The van der Waals surface area contributed by atoms with Gasteiger partial charge < -0.3 is 25.0 Å². The molecule has 0 radical (unpaired) electrons. The number of hydrogen-bond acceptors (Lipinski definition) is 5. The number of anilines is 1. The number of carbonyl (C=O) groups is 3. The van der Waals surface area contributed by atoms with Gasteiger partial charge >= 0.3 is 6.09 Å². The van der Waals surface area contributed by atoms with Crippen LogP contribution in [-0.2, 0) is 14.3 Å². The van der Waals surface area contributed by atoms with Gasteiger partial charge in [-0.1, -0.05) is 44.7 Å². The van der Waals surface area contributed by atoms with Gasteiger partial charge in [0.1, 0.15) is 23.4 Å². The lowest BCUT2D eigenvalue weighted by molar-refractivity contribution is -0.143. The van der Waals surface area contributed by atoms with E-state index in [9.17, 15) is 14.4 Å². The van der Waals surface area contributed by atoms with Crippen molar-refractivity contribution < 1.29 is 23.9 Å². The van der Waals surface area contributed by atoms with E-state index in [2.05, 4.69) is 17.2 Å². The van der Waals surface area contributed by atoms with E-state index in [0.29, 0.717) is 23.4 Å². The normalized spacial score (nSPS) is 12.9. The number of carbonyl (C=O) groups excluding carboxylic acids is 3. The molecule has 2 aromatic rings. The molecule has 0 heterocycles. The molecule has 0 saturated heterocycles. The average molecular weight is 538 g/mol. The third-order valence-corrected chi connectivity index (χ3v) is 5.85. The maximum Gasteiger partial charge on any atom is 0.408 e. The molecule has 2 rings (SSSR count). The summed E-state index contributed by atoms with van der Waals surface area (Å²) in [5, 5.41) is 5.70. The second-order valence-corrected chi connectivity index (χ2v) is 11.2. The minimum Gasteiger partial charge on any atom is -0.497 e. The first-order chi connectivity index (χ1) is 18.2. The van der Waals surface area contributed by atoms with E-state index in [-0.39, 0.29) is 23.8 Å². The van der Waals surface area contributed by atoms with Crippen molar-refractivity contribution in [3.05, 3.63) is 66.2 Å². The SMILES string of the molecule is C=Cc1cccc(C(C(=O)Nc2ccc(OC)cc2)N(C(=O)C(CC(C)C)NC(=O)OC(C)(C)C)C(C)C)c1. The zero-order chi connectivity index (χ0) is 29.3. The van der Waals surface area contributed by atoms with Crippen molar-refractivity contribution in [2.45, 2.75) is 78.6 Å². The highest BCUT2D eigenvalue weighted by molar-refractivity contribution is 5.99. The molecule has 2 unspecified atom stereocenters. The van der Waals surface area contributed by atoms with E-state index in [1.165, 1.54) is 4.90 Å². The van der Waals surface area contributed by atoms with Gasteiger partial charge in [-0.05, 0) is 88.4 Å². The molecule has 0 aromatic heterocycles. The standard InChI is InChI=1S/C31H43N3O5/c1-10-22-12-11-13-23(19-22)27(28(35)32-24-14-16-25(38-9)17-15-24)34(21(4)5)29(36)26(18-20(2)3)33-30(37)39-31(6,7)8/h10-17,19-21,26-27H,1,18H2,2-9H3,(H,32,35)(H,33,37). The summed E-state index contributed by atoms with van der Waals surface area (Å²) in [6.45, 7) is 16.8. The maximum atomic E-state index is 14.2. The van der Waals surface area contributed by atoms with Crippen LogP contribution in [-0.4, -0.2) is 47.6 Å². The lowest BCUT2D eigenvalue weighted by Crippen LogP contribution is -2.54. The second-order valence-electron chi connectivity index (χ2n) is 11.2. The molecule has 39 heavy (non-hydrogen) atoms. The van der Waals surface area contributed by atoms with Crippen molar-refractivity contribution in [2.24, 2.45) is 5.92 Å². The van der Waals surface area contributed by atoms with Crippen LogP contribution < -0.4 is 15.4 Å². The van der Waals surface area contributed by atoms with Gasteiger partial charge in [-0.3, -0.25) is 9.59 Å². The van der Waals surface area contributed by atoms with Crippen LogP contribution in [0.15, 0.2) is 55.1 Å². The summed E-state index contributed by atoms with van der Waals surface area (Å²) in [6, 6.07) is 12.1. The van der Waals surface area contributed by atoms with E-state index in [1.54, 1.807) is 58.2 Å². The summed E-state index contributed by atoms with van der Waals surface area (Å²) in [5.74, 6) is -0.00188. The number of methoxy groups -OCH3 is 1. The molecular weight excluding hydrogens is 494 g/mol. The Kier molecular flexibility index (Phi) is 11.1. The third-order valence-electron chi connectivity index (χ3n) is 5.85. The van der Waals surface area contributed by atoms with E-state index in [0.717, 1.165) is 5.56 Å². The summed E-state index contributed by atoms with van der Waals surface area (Å²) < 4.78 is 10.7. The van der Waals surface area contributed by atoms with Crippen LogP contribution >= 0.6 is 0 Å². The van der Waals surface area contributed by atoms with Crippen LogP contribution in [0.3, 0.4) is 0 Å². The Morgan fingerprint density at radius 2 is 1.67 bits per heavy atom. The molecule has 3 amide bonds. The number of benzene rings is 2. The Morgan fingerprint density at radius 1 is 1.03 bits per heavy atom. The summed E-state index contributed by atoms with van der Waals surface area (Å²) in [5.41, 5.74) is 1.28. The van der Waals surface area contributed by atoms with Gasteiger partial charge in [-0.15, -0.1) is 0 Å². The lowest BCUT2D eigenvalue weighted by Gasteiger charge is -2.37. The van der Waals surface area contributed by atoms with Crippen LogP contribution in [0.5, 0.6) is 5.75 Å². The van der Waals surface area contributed by atoms with E-state index in [1.807, 2.05) is 52.0 Å². The first-order valence-corrected chi connectivity index (χ1v) is 13.2. The van der Waals surface area contributed by atoms with Gasteiger partial charge in [0.25, 0.3) is 5.91 Å². The molecule has 2 atom stereocenters. The van der Waals surface area contributed by atoms with Crippen LogP contribution in [0.2, 0.25) is 0 Å². The monoisotopic (exact) mass is 537 g/mol. The van der Waals surface area contributed by atoms with Crippen molar-refractivity contribution >= 4 is 29.7 Å². The molecule has 0 aliphatic rings. The van der Waals surface area contributed by atoms with E-state index < -0.39 is 23.8 Å². The van der Waals surface area contributed by atoms with Crippen molar-refractivity contribution in [1.29, 1.82) is 0 Å². The van der Waals surface area contributed by atoms with Gasteiger partial charge in [-0.25, -0.2) is 4.79 Å². The Morgan fingerprint density at radius 3 is 2.18 bits per heavy atom. The van der Waals surface area contributed by atoms with Crippen LogP contribution in [0, 0.1) is 5.92 Å². The molecule has 0 saturated carbocycles. The smallest absolute Gasteiger partial charge is 0.408 e. The van der Waals surface area contributed by atoms with Crippen LogP contribution in [0.1, 0.15) is 72.1 Å². The summed E-state index contributed by atoms with van der Waals surface area (Å²) in [6.07, 6.45) is 1.38. The molecule has 0 fully saturated rings. The molecular formula is C31H43N3O5. The first kappa shape index (κ1) is 31.4. The number of ether oxygens (including phenoxy) is 2. The molecule has 0 bridgehead atoms. The molecule has 0 aliphatic heterocycles. The Hall–Kier alpha value is -3.81. The Bertz CT molecular complexity index is 1140. The molecule has 8 nitrogen and oxygen atoms in total. The highest BCUT2D eigenvalue weighted by Crippen LogP contribution is 2.29. The fourth-order valence-electron chi connectivity index (χ4n) is 4.18. The molecule has 8 heteroatoms. The number of nitrogens with one attached hydrogen (secondary N) is 2. The Labute approximate surface area is 232 Å². The molecule has 2 aromatic carbocycles. The summed E-state index contributed by atoms with van der Waals surface area (Å²) >= 11 is 0. The van der Waals surface area contributed by atoms with Crippen molar-refractivity contribution in [3.8, 4) is 5.75 Å². The second kappa shape index (κ2) is 13.8. The van der Waals surface area contributed by atoms with Crippen LogP contribution in [0.4, 0.5) is 10.5 Å². The van der Waals surface area contributed by atoms with Gasteiger partial charge in [-0.2, -0.15) is 0 Å². The fourth-order valence-corrected chi connectivity index (χ4v) is 4.18. The number of hydrogen-bond donors (Lipinski definition) is 2. The fraction of sp³-hybridized carbons (Fsp3) is 0.452. The minimum absolute atomic E-state index is 0.0959.